The molecule has 1 unspecified atom stereocenters. The molecule has 1 fully saturated rings. The molecule has 1 aromatic rings. The van der Waals surface area contributed by atoms with E-state index >= 15 is 0 Å². The molecule has 1 aliphatic rings. The third-order valence-corrected chi connectivity index (χ3v) is 3.80. The minimum absolute atomic E-state index is 0. The summed E-state index contributed by atoms with van der Waals surface area (Å²) in [6.45, 7) is 5.66. The van der Waals surface area contributed by atoms with E-state index in [2.05, 4.69) is 0 Å². The van der Waals surface area contributed by atoms with E-state index in [1.54, 1.807) is 0 Å². The normalized spacial score (nSPS) is 18.2. The molecular weight excluding hydrogens is 288 g/mol. The van der Waals surface area contributed by atoms with Gasteiger partial charge in [0, 0.05) is 31.8 Å². The Morgan fingerprint density at radius 3 is 2.71 bits per heavy atom. The number of carbonyl (C=O) groups is 1. The van der Waals surface area contributed by atoms with E-state index in [1.165, 1.54) is 0 Å². The van der Waals surface area contributed by atoms with Crippen LogP contribution < -0.4 is 5.73 Å². The molecule has 0 aromatic heterocycles. The zero-order valence-electron chi connectivity index (χ0n) is 12.6. The zero-order valence-corrected chi connectivity index (χ0v) is 13.4. The van der Waals surface area contributed by atoms with E-state index in [0.29, 0.717) is 12.5 Å². The molecule has 1 heterocycles. The summed E-state index contributed by atoms with van der Waals surface area (Å²) >= 11 is 0. The Kier molecular flexibility index (Phi) is 7.72. The van der Waals surface area contributed by atoms with Crippen molar-refractivity contribution >= 4 is 18.3 Å². The Balaban J connectivity index is 0.00000220. The summed E-state index contributed by atoms with van der Waals surface area (Å²) in [5.41, 5.74) is 7.37. The van der Waals surface area contributed by atoms with E-state index in [1.807, 2.05) is 36.1 Å². The summed E-state index contributed by atoms with van der Waals surface area (Å²) in [7, 11) is 0. The van der Waals surface area contributed by atoms with Gasteiger partial charge in [-0.1, -0.05) is 12.1 Å². The van der Waals surface area contributed by atoms with Crippen molar-refractivity contribution in [1.82, 2.24) is 4.90 Å². The number of ether oxygens (including phenoxy) is 1. The van der Waals surface area contributed by atoms with Crippen LogP contribution in [0.25, 0.3) is 0 Å². The molecule has 1 aliphatic heterocycles. The van der Waals surface area contributed by atoms with Gasteiger partial charge in [-0.15, -0.1) is 12.4 Å². The second-order valence-electron chi connectivity index (χ2n) is 5.32. The van der Waals surface area contributed by atoms with Gasteiger partial charge in [0.15, 0.2) is 0 Å². The fraction of sp³-hybridized carbons (Fsp3) is 0.562. The quantitative estimate of drug-likeness (QED) is 0.908. The van der Waals surface area contributed by atoms with Crippen molar-refractivity contribution in [1.29, 1.82) is 0 Å². The molecule has 1 saturated heterocycles. The van der Waals surface area contributed by atoms with Gasteiger partial charge in [-0.05, 0) is 43.4 Å². The number of likely N-dealkylation sites (tertiary alicyclic amines) is 1. The standard InChI is InChI=1S/C16H24N2O2.ClH/c1-2-20-12-14-4-3-9-18(11-14)16(19)15-7-5-13(10-17)6-8-15;/h5-8,14H,2-4,9-12,17H2,1H3;1H. The van der Waals surface area contributed by atoms with Gasteiger partial charge in [0.05, 0.1) is 6.61 Å². The minimum Gasteiger partial charge on any atom is -0.381 e. The first-order valence-electron chi connectivity index (χ1n) is 7.40. The first-order chi connectivity index (χ1) is 9.74. The van der Waals surface area contributed by atoms with Gasteiger partial charge in [-0.25, -0.2) is 0 Å². The maximum Gasteiger partial charge on any atom is 0.253 e. The third-order valence-electron chi connectivity index (χ3n) is 3.80. The van der Waals surface area contributed by atoms with Gasteiger partial charge in [-0.3, -0.25) is 4.79 Å². The molecular formula is C16H25ClN2O2. The van der Waals surface area contributed by atoms with Crippen LogP contribution in [0.3, 0.4) is 0 Å². The zero-order chi connectivity index (χ0) is 14.4. The molecule has 0 spiro atoms. The van der Waals surface area contributed by atoms with Crippen LogP contribution in [0.4, 0.5) is 0 Å². The number of benzene rings is 1. The molecule has 0 bridgehead atoms. The first-order valence-corrected chi connectivity index (χ1v) is 7.40. The lowest BCUT2D eigenvalue weighted by Gasteiger charge is -2.32. The molecule has 1 aromatic carbocycles. The van der Waals surface area contributed by atoms with E-state index < -0.39 is 0 Å². The monoisotopic (exact) mass is 312 g/mol. The number of hydrogen-bond donors (Lipinski definition) is 1. The van der Waals surface area contributed by atoms with Crippen LogP contribution in [0.5, 0.6) is 0 Å². The molecule has 2 N–H and O–H groups in total. The van der Waals surface area contributed by atoms with Crippen molar-refractivity contribution in [3.63, 3.8) is 0 Å². The van der Waals surface area contributed by atoms with Crippen LogP contribution in [-0.2, 0) is 11.3 Å². The molecule has 5 heteroatoms. The van der Waals surface area contributed by atoms with E-state index in [4.69, 9.17) is 10.5 Å². The number of piperidine rings is 1. The molecule has 1 amide bonds. The average molecular weight is 313 g/mol. The first kappa shape index (κ1) is 18.0. The highest BCUT2D eigenvalue weighted by molar-refractivity contribution is 5.94. The highest BCUT2D eigenvalue weighted by Crippen LogP contribution is 2.19. The van der Waals surface area contributed by atoms with Gasteiger partial charge in [0.25, 0.3) is 5.91 Å². The van der Waals surface area contributed by atoms with Crippen molar-refractivity contribution in [3.8, 4) is 0 Å². The SMILES string of the molecule is CCOCC1CCCN(C(=O)c2ccc(CN)cc2)C1.Cl. The summed E-state index contributed by atoms with van der Waals surface area (Å²) < 4.78 is 5.49. The number of amides is 1. The Morgan fingerprint density at radius 1 is 1.38 bits per heavy atom. The Morgan fingerprint density at radius 2 is 2.10 bits per heavy atom. The molecule has 118 valence electrons. The van der Waals surface area contributed by atoms with Crippen molar-refractivity contribution < 1.29 is 9.53 Å². The average Bonchev–Trinajstić information content (AvgIpc) is 2.52. The topological polar surface area (TPSA) is 55.6 Å². The molecule has 0 aliphatic carbocycles. The number of hydrogen-bond acceptors (Lipinski definition) is 3. The Hall–Kier alpha value is -1.10. The fourth-order valence-corrected chi connectivity index (χ4v) is 2.64. The second kappa shape index (κ2) is 9.03. The molecule has 0 saturated carbocycles. The lowest BCUT2D eigenvalue weighted by molar-refractivity contribution is 0.0501. The lowest BCUT2D eigenvalue weighted by atomic mass is 9.98. The number of nitrogens with two attached hydrogens (primary N) is 1. The largest absolute Gasteiger partial charge is 0.381 e. The Bertz CT molecular complexity index is 436. The number of carbonyl (C=O) groups excluding carboxylic acids is 1. The van der Waals surface area contributed by atoms with Crippen LogP contribution in [0.15, 0.2) is 24.3 Å². The Labute approximate surface area is 133 Å². The van der Waals surface area contributed by atoms with Crippen molar-refractivity contribution in [2.24, 2.45) is 11.7 Å². The highest BCUT2D eigenvalue weighted by atomic mass is 35.5. The maximum absolute atomic E-state index is 12.5. The fourth-order valence-electron chi connectivity index (χ4n) is 2.64. The predicted octanol–water partition coefficient (Wildman–Crippen LogP) is 2.46. The van der Waals surface area contributed by atoms with Crippen molar-refractivity contribution in [3.05, 3.63) is 35.4 Å². The van der Waals surface area contributed by atoms with Crippen molar-refractivity contribution in [2.45, 2.75) is 26.3 Å². The van der Waals surface area contributed by atoms with Gasteiger partial charge in [0.2, 0.25) is 0 Å². The second-order valence-corrected chi connectivity index (χ2v) is 5.32. The molecule has 1 atom stereocenters. The van der Waals surface area contributed by atoms with Gasteiger partial charge in [-0.2, -0.15) is 0 Å². The third kappa shape index (κ3) is 4.99. The van der Waals surface area contributed by atoms with Crippen molar-refractivity contribution in [2.75, 3.05) is 26.3 Å². The highest BCUT2D eigenvalue weighted by Gasteiger charge is 2.24. The van der Waals surface area contributed by atoms with Crippen LogP contribution >= 0.6 is 12.4 Å². The summed E-state index contributed by atoms with van der Waals surface area (Å²) in [6.07, 6.45) is 2.21. The molecule has 0 radical (unpaired) electrons. The molecule has 21 heavy (non-hydrogen) atoms. The molecule has 4 nitrogen and oxygen atoms in total. The summed E-state index contributed by atoms with van der Waals surface area (Å²) in [4.78, 5) is 14.4. The summed E-state index contributed by atoms with van der Waals surface area (Å²) in [5, 5.41) is 0. The maximum atomic E-state index is 12.5. The minimum atomic E-state index is 0. The lowest BCUT2D eigenvalue weighted by Crippen LogP contribution is -2.41. The summed E-state index contributed by atoms with van der Waals surface area (Å²) in [6, 6.07) is 7.59. The van der Waals surface area contributed by atoms with Crippen LogP contribution in [-0.4, -0.2) is 37.1 Å². The van der Waals surface area contributed by atoms with Crippen LogP contribution in [0, 0.1) is 5.92 Å². The number of halogens is 1. The van der Waals surface area contributed by atoms with E-state index in [-0.39, 0.29) is 18.3 Å². The van der Waals surface area contributed by atoms with Crippen LogP contribution in [0.2, 0.25) is 0 Å². The van der Waals surface area contributed by atoms with Gasteiger partial charge < -0.3 is 15.4 Å². The number of rotatable bonds is 5. The predicted molar refractivity (Wildman–Crippen MR) is 86.7 cm³/mol. The summed E-state index contributed by atoms with van der Waals surface area (Å²) in [5.74, 6) is 0.589. The van der Waals surface area contributed by atoms with Gasteiger partial charge >= 0.3 is 0 Å². The molecule has 2 rings (SSSR count). The van der Waals surface area contributed by atoms with E-state index in [0.717, 1.165) is 50.3 Å². The smallest absolute Gasteiger partial charge is 0.253 e. The number of nitrogens with zero attached hydrogens (tertiary/aromatic N) is 1. The van der Waals surface area contributed by atoms with Crippen LogP contribution in [0.1, 0.15) is 35.7 Å². The van der Waals surface area contributed by atoms with Gasteiger partial charge in [0.1, 0.15) is 0 Å². The van der Waals surface area contributed by atoms with E-state index in [9.17, 15) is 4.79 Å².